The van der Waals surface area contributed by atoms with Gasteiger partial charge in [-0.2, -0.15) is 0 Å². The van der Waals surface area contributed by atoms with Crippen molar-refractivity contribution in [1.29, 1.82) is 0 Å². The predicted molar refractivity (Wildman–Crippen MR) is 284 cm³/mol. The van der Waals surface area contributed by atoms with Gasteiger partial charge in [-0.3, -0.25) is 0 Å². The standard InChI is InChI=1S/C58H37B4N2O2.Al/c1-33-15-13-16-34(2)53(33)59-37-19-5-7-21-39(37)61-43-31-44-48(32-47(43)63-45-23-9-11-25-49(45)65-51-29-27-41(59)55(61)57(51)63)64-46-24-10-12-26-50(46)66-52-30-28-42-56(58(52)64)62(44)40-22-8-6-20-38(40)60(42)54-35(3)17-14-18-36(54)4;/h5-22,25-31H,1-4H3;. The van der Waals surface area contributed by atoms with Crippen molar-refractivity contribution in [2.75, 3.05) is 9.80 Å². The highest BCUT2D eigenvalue weighted by Crippen LogP contribution is 2.56. The Morgan fingerprint density at radius 1 is 0.328 bits per heavy atom. The highest BCUT2D eigenvalue weighted by atomic mass is 27.2. The van der Waals surface area contributed by atoms with Gasteiger partial charge in [0.15, 0.2) is 11.5 Å². The van der Waals surface area contributed by atoms with Crippen LogP contribution in [0.15, 0.2) is 152 Å². The SMILES string of the molecule is Cc1cccc(C)c1B1c2ccccc2B2c3cc4c5[c]6c3N3c7c(ccc[c]7[Al]6[c]6cccc7c6N5c5c(ccc6c5B4c4ccccc4B6c4c(C)cccc4C)O7)Oc4ccc1c2c43. The van der Waals surface area contributed by atoms with Gasteiger partial charge in [-0.15, -0.1) is 0 Å². The average molecular weight is 864 g/mol. The number of fused-ring (bicyclic) bond motifs is 8. The van der Waals surface area contributed by atoms with Gasteiger partial charge in [-0.05, 0) is 73.8 Å². The van der Waals surface area contributed by atoms with E-state index in [1.807, 2.05) is 0 Å². The first-order valence-corrected chi connectivity index (χ1v) is 25.7. The first-order valence-electron chi connectivity index (χ1n) is 24.0. The van der Waals surface area contributed by atoms with Gasteiger partial charge in [0.1, 0.15) is 11.5 Å². The monoisotopic (exact) mass is 864 g/mol. The third kappa shape index (κ3) is 4.07. The molecule has 9 heteroatoms. The maximum absolute atomic E-state index is 7.19. The van der Waals surface area contributed by atoms with Gasteiger partial charge in [0.2, 0.25) is 26.9 Å². The molecule has 8 aliphatic rings. The highest BCUT2D eigenvalue weighted by molar-refractivity contribution is 7.16. The Bertz CT molecular complexity index is 3620. The molecule has 9 aromatic carbocycles. The maximum atomic E-state index is 7.19. The molecule has 8 heterocycles. The van der Waals surface area contributed by atoms with Crippen molar-refractivity contribution >= 4 is 154 Å². The molecular formula is C58H37AlB4N2O2. The second-order valence-electron chi connectivity index (χ2n) is 20.3. The number of nitrogens with zero attached hydrogens (tertiary/aromatic N) is 2. The number of hydrogen-bond acceptors (Lipinski definition) is 4. The van der Waals surface area contributed by atoms with Crippen LogP contribution in [-0.4, -0.2) is 41.0 Å². The van der Waals surface area contributed by atoms with Gasteiger partial charge in [0.05, 0.1) is 22.7 Å². The van der Waals surface area contributed by atoms with E-state index in [0.717, 1.165) is 23.0 Å². The molecule has 0 aromatic heterocycles. The summed E-state index contributed by atoms with van der Waals surface area (Å²) in [6.07, 6.45) is 0. The Hall–Kier alpha value is -7.03. The molecule has 0 radical (unpaired) electrons. The van der Waals surface area contributed by atoms with Gasteiger partial charge in [0.25, 0.3) is 0 Å². The number of anilines is 6. The van der Waals surface area contributed by atoms with Crippen molar-refractivity contribution in [3.63, 3.8) is 0 Å². The Balaban J connectivity index is 1.04. The van der Waals surface area contributed by atoms with Crippen LogP contribution in [0.5, 0.6) is 23.0 Å². The number of hydrogen-bond donors (Lipinski definition) is 0. The molecule has 306 valence electrons. The number of para-hydroxylation sites is 2. The van der Waals surface area contributed by atoms with Crippen molar-refractivity contribution < 1.29 is 9.47 Å². The van der Waals surface area contributed by atoms with E-state index < -0.39 is 14.1 Å². The van der Waals surface area contributed by atoms with Crippen LogP contribution < -0.4 is 98.1 Å². The number of benzene rings is 9. The molecule has 0 bridgehead atoms. The van der Waals surface area contributed by atoms with E-state index in [1.54, 1.807) is 4.43 Å². The van der Waals surface area contributed by atoms with Crippen molar-refractivity contribution in [3.05, 3.63) is 174 Å². The maximum Gasteiger partial charge on any atom is 0.397 e. The lowest BCUT2D eigenvalue weighted by Gasteiger charge is -2.54. The Morgan fingerprint density at radius 3 is 1.12 bits per heavy atom. The fourth-order valence-corrected chi connectivity index (χ4v) is 18.8. The molecule has 0 fully saturated rings. The number of aryl methyl sites for hydroxylation is 4. The van der Waals surface area contributed by atoms with Gasteiger partial charge in [0, 0.05) is 11.4 Å². The van der Waals surface area contributed by atoms with Gasteiger partial charge in [-0.25, -0.2) is 0 Å². The smallest absolute Gasteiger partial charge is 0.397 e. The summed E-state index contributed by atoms with van der Waals surface area (Å²) in [5.74, 6) is 3.80. The van der Waals surface area contributed by atoms with Crippen LogP contribution in [0.25, 0.3) is 0 Å². The minimum Gasteiger partial charge on any atom is -0.453 e. The van der Waals surface area contributed by atoms with Crippen LogP contribution in [0, 0.1) is 27.7 Å². The molecule has 4 nitrogen and oxygen atoms in total. The molecular weight excluding hydrogens is 827 g/mol. The molecule has 67 heavy (non-hydrogen) atoms. The molecule has 0 amide bonds. The van der Waals surface area contributed by atoms with Crippen LogP contribution in [-0.2, 0) is 0 Å². The Labute approximate surface area is 395 Å². The van der Waals surface area contributed by atoms with E-state index in [9.17, 15) is 0 Å². The van der Waals surface area contributed by atoms with Crippen LogP contribution in [0.1, 0.15) is 22.3 Å². The first kappa shape index (κ1) is 36.1. The quantitative estimate of drug-likeness (QED) is 0.250. The lowest BCUT2D eigenvalue weighted by atomic mass is 9.18. The zero-order valence-corrected chi connectivity index (χ0v) is 38.7. The van der Waals surface area contributed by atoms with Crippen molar-refractivity contribution in [2.45, 2.75) is 27.7 Å². The van der Waals surface area contributed by atoms with E-state index in [-0.39, 0.29) is 26.9 Å². The topological polar surface area (TPSA) is 24.9 Å². The van der Waals surface area contributed by atoms with E-state index >= 15 is 0 Å². The summed E-state index contributed by atoms with van der Waals surface area (Å²) in [6.45, 7) is 9.42. The fraction of sp³-hybridized carbons (Fsp3) is 0.0690. The average Bonchev–Trinajstić information content (AvgIpc) is 3.34. The predicted octanol–water partition coefficient (Wildman–Crippen LogP) is 2.53. The normalized spacial score (nSPS) is 15.2. The molecule has 0 N–H and O–H groups in total. The third-order valence-electron chi connectivity index (χ3n) is 17.3. The molecule has 0 saturated carbocycles. The van der Waals surface area contributed by atoms with Crippen molar-refractivity contribution in [3.8, 4) is 23.0 Å². The lowest BCUT2D eigenvalue weighted by molar-refractivity contribution is 0.477. The zero-order chi connectivity index (χ0) is 43.9. The van der Waals surface area contributed by atoms with Gasteiger partial charge < -0.3 is 19.3 Å². The molecule has 0 saturated heterocycles. The van der Waals surface area contributed by atoms with Crippen LogP contribution in [0.4, 0.5) is 34.1 Å². The van der Waals surface area contributed by atoms with Crippen LogP contribution in [0.3, 0.4) is 0 Å². The van der Waals surface area contributed by atoms with E-state index in [0.29, 0.717) is 0 Å². The summed E-state index contributed by atoms with van der Waals surface area (Å²) >= 11 is -2.20. The molecule has 17 rings (SSSR count). The molecule has 0 aliphatic carbocycles. The summed E-state index contributed by atoms with van der Waals surface area (Å²) in [7, 11) is 0. The first-order chi connectivity index (χ1) is 33.0. The minimum absolute atomic E-state index is 0.0189. The second kappa shape index (κ2) is 12.1. The molecule has 9 aromatic rings. The minimum atomic E-state index is -2.20. The molecule has 0 spiro atoms. The summed E-state index contributed by atoms with van der Waals surface area (Å²) in [5.41, 5.74) is 29.9. The van der Waals surface area contributed by atoms with Crippen molar-refractivity contribution in [1.82, 2.24) is 0 Å². The number of rotatable bonds is 2. The third-order valence-corrected chi connectivity index (χ3v) is 20.6. The lowest BCUT2D eigenvalue weighted by Crippen LogP contribution is -2.81. The Morgan fingerprint density at radius 2 is 0.701 bits per heavy atom. The van der Waals surface area contributed by atoms with E-state index in [4.69, 9.17) is 9.47 Å². The zero-order valence-electron chi connectivity index (χ0n) is 37.5. The summed E-state index contributed by atoms with van der Waals surface area (Å²) in [4.78, 5) is 5.41. The Kier molecular flexibility index (Phi) is 6.53. The van der Waals surface area contributed by atoms with E-state index in [1.165, 1.54) is 131 Å². The summed E-state index contributed by atoms with van der Waals surface area (Å²) < 4.78 is 18.8. The summed E-state index contributed by atoms with van der Waals surface area (Å²) in [6, 6.07) is 58.4. The second-order valence-corrected chi connectivity index (χ2v) is 23.0. The fourth-order valence-electron chi connectivity index (χ4n) is 15.0. The van der Waals surface area contributed by atoms with Gasteiger partial charge >= 0.3 is 14.1 Å². The van der Waals surface area contributed by atoms with Crippen LogP contribution >= 0.6 is 0 Å². The van der Waals surface area contributed by atoms with Crippen LogP contribution in [0.2, 0.25) is 0 Å². The molecule has 0 atom stereocenters. The van der Waals surface area contributed by atoms with Gasteiger partial charge in [-0.1, -0.05) is 207 Å². The number of ether oxygens (including phenoxy) is 2. The highest BCUT2D eigenvalue weighted by Gasteiger charge is 2.59. The van der Waals surface area contributed by atoms with Crippen molar-refractivity contribution in [2.24, 2.45) is 0 Å². The summed E-state index contributed by atoms with van der Waals surface area (Å²) in [5, 5.41) is 0. The van der Waals surface area contributed by atoms with E-state index in [2.05, 4.69) is 189 Å². The largest absolute Gasteiger partial charge is 0.453 e. The molecule has 8 aliphatic heterocycles. The molecule has 0 unspecified atom stereocenters.